The molecule has 2 saturated heterocycles. The Bertz CT molecular complexity index is 839. The van der Waals surface area contributed by atoms with Crippen molar-refractivity contribution in [1.29, 1.82) is 0 Å². The van der Waals surface area contributed by atoms with E-state index in [1.165, 1.54) is 0 Å². The number of carbonyl (C=O) groups is 1. The van der Waals surface area contributed by atoms with E-state index in [-0.39, 0.29) is 16.8 Å². The standard InChI is InChI=1S/C16H22N2O4S.C2HF3O2/c19-23(20,15-4-5-15)18-11-16(12-18)13(6-8-22-16)9-21-10-14-3-1-2-7-17-14;3-2(4,5)1(6)7/h1-3,7,13,15H,4-6,8-12H2;(H,6,7). The number of nitrogens with zero attached hydrogens (tertiary/aromatic N) is 2. The highest BCUT2D eigenvalue weighted by molar-refractivity contribution is 7.90. The second-order valence-electron chi connectivity index (χ2n) is 7.55. The maximum Gasteiger partial charge on any atom is 0.490 e. The monoisotopic (exact) mass is 452 g/mol. The van der Waals surface area contributed by atoms with Crippen molar-refractivity contribution in [2.24, 2.45) is 5.92 Å². The molecule has 0 amide bonds. The molecule has 1 unspecified atom stereocenters. The van der Waals surface area contributed by atoms with Crippen LogP contribution in [-0.4, -0.2) is 72.1 Å². The molecular formula is C18H23F3N2O6S. The molecule has 3 aliphatic rings. The number of halogens is 3. The largest absolute Gasteiger partial charge is 0.490 e. The summed E-state index contributed by atoms with van der Waals surface area (Å²) in [7, 11) is -3.08. The Morgan fingerprint density at radius 1 is 1.30 bits per heavy atom. The van der Waals surface area contributed by atoms with E-state index in [0.29, 0.717) is 32.9 Å². The lowest BCUT2D eigenvalue weighted by Crippen LogP contribution is -2.67. The summed E-state index contributed by atoms with van der Waals surface area (Å²) in [5.41, 5.74) is 0.582. The van der Waals surface area contributed by atoms with Crippen LogP contribution in [-0.2, 0) is 30.9 Å². The molecule has 12 heteroatoms. The van der Waals surface area contributed by atoms with Crippen LogP contribution >= 0.6 is 0 Å². The van der Waals surface area contributed by atoms with Crippen molar-refractivity contribution < 1.29 is 41.0 Å². The minimum absolute atomic E-state index is 0.139. The van der Waals surface area contributed by atoms with E-state index < -0.39 is 22.2 Å². The summed E-state index contributed by atoms with van der Waals surface area (Å²) in [6, 6.07) is 5.76. The fourth-order valence-electron chi connectivity index (χ4n) is 3.47. The van der Waals surface area contributed by atoms with Gasteiger partial charge in [0, 0.05) is 31.8 Å². The first kappa shape index (κ1) is 22.9. The number of alkyl halides is 3. The summed E-state index contributed by atoms with van der Waals surface area (Å²) in [6.07, 6.45) is -0.780. The number of hydrogen-bond donors (Lipinski definition) is 1. The number of rotatable bonds is 6. The fourth-order valence-corrected chi connectivity index (χ4v) is 5.42. The number of aromatic nitrogens is 1. The van der Waals surface area contributed by atoms with Crippen LogP contribution in [0, 0.1) is 5.92 Å². The quantitative estimate of drug-likeness (QED) is 0.702. The molecule has 0 aromatic carbocycles. The molecule has 1 aliphatic carbocycles. The van der Waals surface area contributed by atoms with Crippen molar-refractivity contribution in [3.8, 4) is 0 Å². The zero-order valence-corrected chi connectivity index (χ0v) is 16.9. The van der Waals surface area contributed by atoms with Gasteiger partial charge in [-0.15, -0.1) is 0 Å². The van der Waals surface area contributed by atoms with Gasteiger partial charge in [-0.25, -0.2) is 13.2 Å². The summed E-state index contributed by atoms with van der Waals surface area (Å²) in [6.45, 7) is 2.74. The van der Waals surface area contributed by atoms with E-state index in [4.69, 9.17) is 19.4 Å². The lowest BCUT2D eigenvalue weighted by molar-refractivity contribution is -0.192. The summed E-state index contributed by atoms with van der Waals surface area (Å²) in [5, 5.41) is 6.99. The SMILES string of the molecule is O=C(O)C(F)(F)F.O=S(=O)(C1CC1)N1CC2(C1)OCCC2COCc1ccccn1. The maximum absolute atomic E-state index is 12.3. The Morgan fingerprint density at radius 3 is 2.50 bits per heavy atom. The molecule has 1 N–H and O–H groups in total. The summed E-state index contributed by atoms with van der Waals surface area (Å²) in [4.78, 5) is 13.1. The van der Waals surface area contributed by atoms with E-state index in [1.807, 2.05) is 18.2 Å². The van der Waals surface area contributed by atoms with Gasteiger partial charge in [-0.2, -0.15) is 17.5 Å². The van der Waals surface area contributed by atoms with Gasteiger partial charge in [-0.3, -0.25) is 4.98 Å². The first-order chi connectivity index (χ1) is 14.0. The number of carboxylic acid groups (broad SMARTS) is 1. The van der Waals surface area contributed by atoms with Crippen LogP contribution in [0.15, 0.2) is 24.4 Å². The van der Waals surface area contributed by atoms with Gasteiger partial charge in [-0.05, 0) is 31.4 Å². The Balaban J connectivity index is 0.000000318. The molecule has 1 aromatic heterocycles. The van der Waals surface area contributed by atoms with Gasteiger partial charge < -0.3 is 14.6 Å². The van der Waals surface area contributed by atoms with Gasteiger partial charge in [0.15, 0.2) is 0 Å². The minimum Gasteiger partial charge on any atom is -0.475 e. The summed E-state index contributed by atoms with van der Waals surface area (Å²) >= 11 is 0. The first-order valence-corrected chi connectivity index (χ1v) is 11.0. The van der Waals surface area contributed by atoms with E-state index in [9.17, 15) is 21.6 Å². The number of sulfonamides is 1. The van der Waals surface area contributed by atoms with Crippen molar-refractivity contribution in [2.75, 3.05) is 26.3 Å². The molecule has 8 nitrogen and oxygen atoms in total. The van der Waals surface area contributed by atoms with Gasteiger partial charge in [0.05, 0.1) is 24.2 Å². The second kappa shape index (κ2) is 8.77. The predicted molar refractivity (Wildman–Crippen MR) is 97.9 cm³/mol. The van der Waals surface area contributed by atoms with Gasteiger partial charge in [0.25, 0.3) is 0 Å². The molecular weight excluding hydrogens is 429 g/mol. The van der Waals surface area contributed by atoms with Crippen LogP contribution in [0.2, 0.25) is 0 Å². The maximum atomic E-state index is 12.3. The third-order valence-electron chi connectivity index (χ3n) is 5.33. The lowest BCUT2D eigenvalue weighted by atomic mass is 9.83. The Kier molecular flexibility index (Phi) is 6.70. The molecule has 3 fully saturated rings. The zero-order valence-electron chi connectivity index (χ0n) is 16.0. The highest BCUT2D eigenvalue weighted by Crippen LogP contribution is 2.44. The molecule has 0 radical (unpaired) electrons. The average molecular weight is 452 g/mol. The van der Waals surface area contributed by atoms with Crippen molar-refractivity contribution >= 4 is 16.0 Å². The molecule has 1 spiro atoms. The van der Waals surface area contributed by atoms with E-state index >= 15 is 0 Å². The zero-order chi connectivity index (χ0) is 22.0. The Morgan fingerprint density at radius 2 is 1.97 bits per heavy atom. The molecule has 0 bridgehead atoms. The van der Waals surface area contributed by atoms with Crippen LogP contribution in [0.25, 0.3) is 0 Å². The van der Waals surface area contributed by atoms with E-state index in [2.05, 4.69) is 4.98 Å². The van der Waals surface area contributed by atoms with Crippen LogP contribution in [0.4, 0.5) is 13.2 Å². The van der Waals surface area contributed by atoms with Crippen LogP contribution in [0.5, 0.6) is 0 Å². The average Bonchev–Trinajstić information content (AvgIpc) is 3.42. The van der Waals surface area contributed by atoms with Gasteiger partial charge >= 0.3 is 12.1 Å². The molecule has 1 atom stereocenters. The highest BCUT2D eigenvalue weighted by atomic mass is 32.2. The summed E-state index contributed by atoms with van der Waals surface area (Å²) < 4.78 is 69.6. The van der Waals surface area contributed by atoms with Gasteiger partial charge in [0.2, 0.25) is 10.0 Å². The smallest absolute Gasteiger partial charge is 0.475 e. The Labute approximate surface area is 172 Å². The number of hydrogen-bond acceptors (Lipinski definition) is 6. The van der Waals surface area contributed by atoms with Crippen molar-refractivity contribution in [1.82, 2.24) is 9.29 Å². The summed E-state index contributed by atoms with van der Waals surface area (Å²) in [5.74, 6) is -2.50. The van der Waals surface area contributed by atoms with Gasteiger partial charge in [0.1, 0.15) is 5.60 Å². The molecule has 30 heavy (non-hydrogen) atoms. The molecule has 168 valence electrons. The van der Waals surface area contributed by atoms with Crippen LogP contribution in [0.1, 0.15) is 25.0 Å². The number of carboxylic acids is 1. The van der Waals surface area contributed by atoms with Crippen molar-refractivity contribution in [3.05, 3.63) is 30.1 Å². The van der Waals surface area contributed by atoms with Gasteiger partial charge in [-0.1, -0.05) is 6.07 Å². The lowest BCUT2D eigenvalue weighted by Gasteiger charge is -2.49. The normalized spacial score (nSPS) is 23.5. The van der Waals surface area contributed by atoms with Crippen molar-refractivity contribution in [2.45, 2.75) is 42.9 Å². The van der Waals surface area contributed by atoms with Crippen molar-refractivity contribution in [3.63, 3.8) is 0 Å². The molecule has 2 aliphatic heterocycles. The molecule has 3 heterocycles. The molecule has 4 rings (SSSR count). The number of pyridine rings is 1. The topological polar surface area (TPSA) is 106 Å². The number of aliphatic carboxylic acids is 1. The molecule has 1 saturated carbocycles. The third kappa shape index (κ3) is 5.29. The number of ether oxygens (including phenoxy) is 2. The fraction of sp³-hybridized carbons (Fsp3) is 0.667. The van der Waals surface area contributed by atoms with Crippen LogP contribution < -0.4 is 0 Å². The first-order valence-electron chi connectivity index (χ1n) is 9.45. The van der Waals surface area contributed by atoms with Crippen LogP contribution in [0.3, 0.4) is 0 Å². The highest BCUT2D eigenvalue weighted by Gasteiger charge is 2.58. The van der Waals surface area contributed by atoms with E-state index in [1.54, 1.807) is 10.5 Å². The minimum atomic E-state index is -5.08. The van der Waals surface area contributed by atoms with E-state index in [0.717, 1.165) is 25.0 Å². The second-order valence-corrected chi connectivity index (χ2v) is 9.76. The Hall–Kier alpha value is -1.76. The molecule has 1 aromatic rings. The predicted octanol–water partition coefficient (Wildman–Crippen LogP) is 1.81. The third-order valence-corrected chi connectivity index (χ3v) is 7.62.